The van der Waals surface area contributed by atoms with Crippen molar-refractivity contribution in [2.24, 2.45) is 5.41 Å². The van der Waals surface area contributed by atoms with E-state index in [1.807, 2.05) is 13.8 Å². The molecule has 1 aliphatic carbocycles. The van der Waals surface area contributed by atoms with E-state index in [0.717, 1.165) is 0 Å². The van der Waals surface area contributed by atoms with Crippen LogP contribution >= 0.6 is 0 Å². The Bertz CT molecular complexity index is 658. The lowest BCUT2D eigenvalue weighted by molar-refractivity contribution is -0.142. The molecule has 0 fully saturated rings. The number of allylic oxidation sites excluding steroid dienone is 2. The summed E-state index contributed by atoms with van der Waals surface area (Å²) in [5, 5.41) is 0. The van der Waals surface area contributed by atoms with Crippen LogP contribution in [0.4, 0.5) is 4.39 Å². The Hall–Kier alpha value is -1.97. The number of rotatable bonds is 1. The quantitative estimate of drug-likeness (QED) is 0.743. The average molecular weight is 288 g/mol. The van der Waals surface area contributed by atoms with Crippen LogP contribution in [0.3, 0.4) is 0 Å². The second kappa shape index (κ2) is 4.79. The van der Waals surface area contributed by atoms with Gasteiger partial charge in [-0.2, -0.15) is 0 Å². The van der Waals surface area contributed by atoms with Crippen molar-refractivity contribution in [3.63, 3.8) is 0 Å². The van der Waals surface area contributed by atoms with Crippen molar-refractivity contribution in [1.82, 2.24) is 0 Å². The van der Waals surface area contributed by atoms with Gasteiger partial charge in [0.2, 0.25) is 0 Å². The van der Waals surface area contributed by atoms with Crippen LogP contribution in [-0.2, 0) is 14.3 Å². The highest BCUT2D eigenvalue weighted by Gasteiger charge is 2.42. The average Bonchev–Trinajstić information content (AvgIpc) is 2.36. The first-order valence-electron chi connectivity index (χ1n) is 7.09. The van der Waals surface area contributed by atoms with E-state index in [4.69, 9.17) is 4.74 Å². The van der Waals surface area contributed by atoms with Gasteiger partial charge < -0.3 is 4.74 Å². The van der Waals surface area contributed by atoms with Gasteiger partial charge in [0.25, 0.3) is 0 Å². The number of Topliss-reactive ketones (excluding diaryl/α,β-unsaturated/α-hetero) is 1. The van der Waals surface area contributed by atoms with Crippen molar-refractivity contribution in [2.75, 3.05) is 0 Å². The summed E-state index contributed by atoms with van der Waals surface area (Å²) in [4.78, 5) is 24.3. The molecule has 1 aromatic carbocycles. The van der Waals surface area contributed by atoms with E-state index in [0.29, 0.717) is 29.7 Å². The molecule has 110 valence electrons. The minimum Gasteiger partial charge on any atom is -0.431 e. The van der Waals surface area contributed by atoms with Gasteiger partial charge in [-0.25, -0.2) is 4.39 Å². The largest absolute Gasteiger partial charge is 0.431 e. The van der Waals surface area contributed by atoms with Crippen LogP contribution in [0.1, 0.15) is 44.6 Å². The number of benzene rings is 1. The Morgan fingerprint density at radius 1 is 1.19 bits per heavy atom. The van der Waals surface area contributed by atoms with E-state index in [9.17, 15) is 14.0 Å². The number of hydrogen-bond donors (Lipinski definition) is 0. The molecule has 4 heteroatoms. The Kier molecular flexibility index (Phi) is 3.19. The number of ketones is 1. The maximum absolute atomic E-state index is 14.1. The molecule has 0 unspecified atom stereocenters. The maximum Gasteiger partial charge on any atom is 0.311 e. The minimum atomic E-state index is -0.522. The van der Waals surface area contributed by atoms with Gasteiger partial charge in [-0.05, 0) is 17.0 Å². The second-order valence-electron chi connectivity index (χ2n) is 6.53. The molecular formula is C17H17FO3. The molecule has 1 atom stereocenters. The normalized spacial score (nSPS) is 24.6. The van der Waals surface area contributed by atoms with Crippen molar-refractivity contribution in [3.05, 3.63) is 47.0 Å². The molecule has 1 aliphatic heterocycles. The lowest BCUT2D eigenvalue weighted by Gasteiger charge is -2.36. The molecule has 0 N–H and O–H groups in total. The van der Waals surface area contributed by atoms with Gasteiger partial charge in [0.15, 0.2) is 5.78 Å². The molecule has 0 saturated heterocycles. The summed E-state index contributed by atoms with van der Waals surface area (Å²) >= 11 is 0. The van der Waals surface area contributed by atoms with Crippen LogP contribution in [-0.4, -0.2) is 11.8 Å². The second-order valence-corrected chi connectivity index (χ2v) is 6.53. The molecule has 21 heavy (non-hydrogen) atoms. The lowest BCUT2D eigenvalue weighted by Crippen LogP contribution is -2.34. The fraction of sp³-hybridized carbons (Fsp3) is 0.412. The Morgan fingerprint density at radius 3 is 2.62 bits per heavy atom. The van der Waals surface area contributed by atoms with Crippen LogP contribution in [0.2, 0.25) is 0 Å². The molecule has 2 aliphatic rings. The minimum absolute atomic E-state index is 0.0198. The highest BCUT2D eigenvalue weighted by Crippen LogP contribution is 2.46. The zero-order chi connectivity index (χ0) is 15.2. The fourth-order valence-electron chi connectivity index (χ4n) is 3.23. The molecule has 0 saturated carbocycles. The first kappa shape index (κ1) is 14.0. The van der Waals surface area contributed by atoms with Crippen molar-refractivity contribution in [2.45, 2.75) is 39.0 Å². The molecule has 1 heterocycles. The first-order chi connectivity index (χ1) is 9.87. The van der Waals surface area contributed by atoms with Gasteiger partial charge in [-0.3, -0.25) is 9.59 Å². The van der Waals surface area contributed by atoms with Crippen LogP contribution in [0.5, 0.6) is 0 Å². The van der Waals surface area contributed by atoms with Gasteiger partial charge >= 0.3 is 5.97 Å². The highest BCUT2D eigenvalue weighted by atomic mass is 19.1. The molecule has 0 amide bonds. The van der Waals surface area contributed by atoms with Gasteiger partial charge in [0.05, 0.1) is 6.42 Å². The van der Waals surface area contributed by atoms with E-state index in [1.54, 1.807) is 18.2 Å². The monoisotopic (exact) mass is 288 g/mol. The summed E-state index contributed by atoms with van der Waals surface area (Å²) in [7, 11) is 0. The van der Waals surface area contributed by atoms with Gasteiger partial charge in [-0.15, -0.1) is 0 Å². The summed E-state index contributed by atoms with van der Waals surface area (Å²) in [6, 6.07) is 6.31. The Morgan fingerprint density at radius 2 is 1.90 bits per heavy atom. The molecule has 0 spiro atoms. The summed E-state index contributed by atoms with van der Waals surface area (Å²) in [6.45, 7) is 3.93. The van der Waals surface area contributed by atoms with Crippen LogP contribution in [0, 0.1) is 11.2 Å². The SMILES string of the molecule is CC1(C)CC(=O)C2=C(C1)OC(=O)C[C@H]2c1ccccc1F. The van der Waals surface area contributed by atoms with Gasteiger partial charge in [0.1, 0.15) is 11.6 Å². The van der Waals surface area contributed by atoms with Gasteiger partial charge in [-0.1, -0.05) is 32.0 Å². The molecule has 3 nitrogen and oxygen atoms in total. The topological polar surface area (TPSA) is 43.4 Å². The maximum atomic E-state index is 14.1. The summed E-state index contributed by atoms with van der Waals surface area (Å²) in [5.41, 5.74) is 0.654. The van der Waals surface area contributed by atoms with Crippen LogP contribution in [0.25, 0.3) is 0 Å². The standard InChI is InChI=1S/C17H17FO3/c1-17(2)8-13(19)16-11(7-15(20)21-14(16)9-17)10-5-3-4-6-12(10)18/h3-6,11H,7-9H2,1-2H3/t11-/m0/s1. The lowest BCUT2D eigenvalue weighted by atomic mass is 9.71. The Labute approximate surface area is 122 Å². The zero-order valence-corrected chi connectivity index (χ0v) is 12.1. The van der Waals surface area contributed by atoms with Gasteiger partial charge in [0, 0.05) is 24.3 Å². The fourth-order valence-corrected chi connectivity index (χ4v) is 3.23. The third-order valence-electron chi connectivity index (χ3n) is 4.12. The van der Waals surface area contributed by atoms with Crippen molar-refractivity contribution in [1.29, 1.82) is 0 Å². The van der Waals surface area contributed by atoms with Crippen LogP contribution < -0.4 is 0 Å². The zero-order valence-electron chi connectivity index (χ0n) is 12.1. The van der Waals surface area contributed by atoms with Crippen molar-refractivity contribution in [3.8, 4) is 0 Å². The smallest absolute Gasteiger partial charge is 0.311 e. The van der Waals surface area contributed by atoms with E-state index < -0.39 is 11.9 Å². The Balaban J connectivity index is 2.11. The molecule has 1 aromatic rings. The third-order valence-corrected chi connectivity index (χ3v) is 4.12. The number of carbonyl (C=O) groups is 2. The summed E-state index contributed by atoms with van der Waals surface area (Å²) < 4.78 is 19.3. The predicted molar refractivity (Wildman–Crippen MR) is 74.9 cm³/mol. The molecule has 3 rings (SSSR count). The predicted octanol–water partition coefficient (Wildman–Crippen LogP) is 3.50. The number of esters is 1. The molecule has 0 bridgehead atoms. The van der Waals surface area contributed by atoms with E-state index >= 15 is 0 Å². The van der Waals surface area contributed by atoms with Crippen molar-refractivity contribution >= 4 is 11.8 Å². The molecular weight excluding hydrogens is 271 g/mol. The van der Waals surface area contributed by atoms with Crippen molar-refractivity contribution < 1.29 is 18.7 Å². The number of halogens is 1. The summed E-state index contributed by atoms with van der Waals surface area (Å²) in [5.74, 6) is -0.914. The number of hydrogen-bond acceptors (Lipinski definition) is 3. The van der Waals surface area contributed by atoms with E-state index in [1.165, 1.54) is 6.07 Å². The first-order valence-corrected chi connectivity index (χ1v) is 7.09. The summed E-state index contributed by atoms with van der Waals surface area (Å²) in [6.07, 6.45) is 0.949. The van der Waals surface area contributed by atoms with E-state index in [-0.39, 0.29) is 23.4 Å². The number of ether oxygens (including phenoxy) is 1. The highest BCUT2D eigenvalue weighted by molar-refractivity contribution is 6.00. The van der Waals surface area contributed by atoms with E-state index in [2.05, 4.69) is 0 Å². The molecule has 0 radical (unpaired) electrons. The molecule has 0 aromatic heterocycles. The number of carbonyl (C=O) groups excluding carboxylic acids is 2. The van der Waals surface area contributed by atoms with Crippen LogP contribution in [0.15, 0.2) is 35.6 Å². The third kappa shape index (κ3) is 2.50.